The lowest BCUT2D eigenvalue weighted by atomic mass is 10.0. The molecule has 0 amide bonds. The van der Waals surface area contributed by atoms with E-state index in [0.717, 1.165) is 6.42 Å². The second-order valence-corrected chi connectivity index (χ2v) is 3.07. The Labute approximate surface area is 73.0 Å². The lowest BCUT2D eigenvalue weighted by Gasteiger charge is -2.09. The first-order chi connectivity index (χ1) is 5.74. The van der Waals surface area contributed by atoms with E-state index in [1.807, 2.05) is 18.2 Å². The van der Waals surface area contributed by atoms with Gasteiger partial charge in [-0.2, -0.15) is 0 Å². The van der Waals surface area contributed by atoms with Crippen LogP contribution in [-0.2, 0) is 6.42 Å². The standard InChI is InChI=1S/C10H15NO/c1-8-4-2-3-5-9(8)6-10(11)7-12/h2-5,10,12H,6-7,11H2,1H3/t10-/m1/s1. The molecule has 1 atom stereocenters. The van der Waals surface area contributed by atoms with Gasteiger partial charge < -0.3 is 10.8 Å². The van der Waals surface area contributed by atoms with Gasteiger partial charge in [0.25, 0.3) is 0 Å². The van der Waals surface area contributed by atoms with E-state index < -0.39 is 0 Å². The van der Waals surface area contributed by atoms with Gasteiger partial charge in [-0.1, -0.05) is 24.3 Å². The molecule has 0 aliphatic rings. The Morgan fingerprint density at radius 2 is 2.08 bits per heavy atom. The molecule has 0 spiro atoms. The first-order valence-electron chi connectivity index (χ1n) is 4.15. The van der Waals surface area contributed by atoms with E-state index in [9.17, 15) is 0 Å². The molecule has 3 N–H and O–H groups in total. The molecule has 0 aromatic heterocycles. The number of benzene rings is 1. The van der Waals surface area contributed by atoms with Crippen LogP contribution in [0.15, 0.2) is 24.3 Å². The van der Waals surface area contributed by atoms with E-state index in [2.05, 4.69) is 13.0 Å². The van der Waals surface area contributed by atoms with Crippen LogP contribution in [0.3, 0.4) is 0 Å². The minimum atomic E-state index is -0.133. The van der Waals surface area contributed by atoms with Gasteiger partial charge >= 0.3 is 0 Å². The van der Waals surface area contributed by atoms with Crippen LogP contribution in [0.5, 0.6) is 0 Å². The maximum Gasteiger partial charge on any atom is 0.0585 e. The number of hydrogen-bond acceptors (Lipinski definition) is 2. The van der Waals surface area contributed by atoms with Gasteiger partial charge in [-0.05, 0) is 24.5 Å². The Kier molecular flexibility index (Phi) is 3.26. The third-order valence-corrected chi connectivity index (χ3v) is 1.98. The Morgan fingerprint density at radius 1 is 1.42 bits per heavy atom. The number of nitrogens with two attached hydrogens (primary N) is 1. The highest BCUT2D eigenvalue weighted by Gasteiger charge is 2.03. The fourth-order valence-corrected chi connectivity index (χ4v) is 1.19. The minimum absolute atomic E-state index is 0.0499. The number of aryl methyl sites for hydroxylation is 1. The van der Waals surface area contributed by atoms with Crippen molar-refractivity contribution in [3.63, 3.8) is 0 Å². The SMILES string of the molecule is Cc1ccccc1C[C@@H](N)CO. The Morgan fingerprint density at radius 3 is 2.67 bits per heavy atom. The highest BCUT2D eigenvalue weighted by molar-refractivity contribution is 5.26. The molecule has 0 aliphatic heterocycles. The molecule has 0 saturated heterocycles. The van der Waals surface area contributed by atoms with Gasteiger partial charge in [-0.15, -0.1) is 0 Å². The van der Waals surface area contributed by atoms with Gasteiger partial charge in [-0.25, -0.2) is 0 Å². The molecule has 0 aliphatic carbocycles. The normalized spacial score (nSPS) is 12.9. The van der Waals surface area contributed by atoms with E-state index in [4.69, 9.17) is 10.8 Å². The molecular formula is C10H15NO. The summed E-state index contributed by atoms with van der Waals surface area (Å²) in [6, 6.07) is 7.96. The van der Waals surface area contributed by atoms with E-state index in [1.165, 1.54) is 11.1 Å². The zero-order valence-electron chi connectivity index (χ0n) is 7.33. The van der Waals surface area contributed by atoms with Gasteiger partial charge in [0.05, 0.1) is 6.61 Å². The quantitative estimate of drug-likeness (QED) is 0.697. The summed E-state index contributed by atoms with van der Waals surface area (Å²) in [7, 11) is 0. The third-order valence-electron chi connectivity index (χ3n) is 1.98. The van der Waals surface area contributed by atoms with E-state index in [-0.39, 0.29) is 12.6 Å². The summed E-state index contributed by atoms with van der Waals surface area (Å²) in [5.74, 6) is 0. The van der Waals surface area contributed by atoms with Gasteiger partial charge in [0, 0.05) is 6.04 Å². The molecule has 0 bridgehead atoms. The predicted molar refractivity (Wildman–Crippen MR) is 49.9 cm³/mol. The largest absolute Gasteiger partial charge is 0.395 e. The predicted octanol–water partition coefficient (Wildman–Crippen LogP) is 0.857. The molecule has 1 aromatic carbocycles. The number of aliphatic hydroxyl groups excluding tert-OH is 1. The summed E-state index contributed by atoms with van der Waals surface area (Å²) in [5.41, 5.74) is 8.08. The topological polar surface area (TPSA) is 46.2 Å². The Hall–Kier alpha value is -0.860. The van der Waals surface area contributed by atoms with Crippen molar-refractivity contribution < 1.29 is 5.11 Å². The van der Waals surface area contributed by atoms with Crippen LogP contribution >= 0.6 is 0 Å². The molecule has 0 radical (unpaired) electrons. The van der Waals surface area contributed by atoms with E-state index >= 15 is 0 Å². The highest BCUT2D eigenvalue weighted by Crippen LogP contribution is 2.08. The molecule has 66 valence electrons. The molecule has 0 saturated carbocycles. The minimum Gasteiger partial charge on any atom is -0.395 e. The highest BCUT2D eigenvalue weighted by atomic mass is 16.3. The second-order valence-electron chi connectivity index (χ2n) is 3.07. The average molecular weight is 165 g/mol. The summed E-state index contributed by atoms with van der Waals surface area (Å²) in [5, 5.41) is 8.76. The lowest BCUT2D eigenvalue weighted by molar-refractivity contribution is 0.265. The molecule has 2 heteroatoms. The molecule has 1 rings (SSSR count). The first kappa shape index (κ1) is 9.23. The monoisotopic (exact) mass is 165 g/mol. The third kappa shape index (κ3) is 2.32. The van der Waals surface area contributed by atoms with Crippen molar-refractivity contribution in [3.05, 3.63) is 35.4 Å². The number of aliphatic hydroxyl groups is 1. The lowest BCUT2D eigenvalue weighted by Crippen LogP contribution is -2.27. The fraction of sp³-hybridized carbons (Fsp3) is 0.400. The summed E-state index contributed by atoms with van der Waals surface area (Å²) >= 11 is 0. The van der Waals surface area contributed by atoms with Crippen molar-refractivity contribution in [1.82, 2.24) is 0 Å². The van der Waals surface area contributed by atoms with Crippen molar-refractivity contribution in [1.29, 1.82) is 0 Å². The van der Waals surface area contributed by atoms with Gasteiger partial charge in [0.15, 0.2) is 0 Å². The maximum absolute atomic E-state index is 8.76. The van der Waals surface area contributed by atoms with E-state index in [0.29, 0.717) is 0 Å². The maximum atomic E-state index is 8.76. The zero-order chi connectivity index (χ0) is 8.97. The molecule has 0 fully saturated rings. The average Bonchev–Trinajstić information content (AvgIpc) is 2.09. The van der Waals surface area contributed by atoms with E-state index in [1.54, 1.807) is 0 Å². The number of rotatable bonds is 3. The Bertz CT molecular complexity index is 247. The Balaban J connectivity index is 2.69. The fourth-order valence-electron chi connectivity index (χ4n) is 1.19. The molecule has 0 heterocycles. The van der Waals surface area contributed by atoms with Crippen molar-refractivity contribution >= 4 is 0 Å². The summed E-state index contributed by atoms with van der Waals surface area (Å²) in [6.45, 7) is 2.10. The summed E-state index contributed by atoms with van der Waals surface area (Å²) in [4.78, 5) is 0. The molecule has 0 unspecified atom stereocenters. The molecular weight excluding hydrogens is 150 g/mol. The summed E-state index contributed by atoms with van der Waals surface area (Å²) < 4.78 is 0. The van der Waals surface area contributed by atoms with Crippen LogP contribution < -0.4 is 5.73 Å². The molecule has 12 heavy (non-hydrogen) atoms. The first-order valence-corrected chi connectivity index (χ1v) is 4.15. The van der Waals surface area contributed by atoms with Gasteiger partial charge in [-0.3, -0.25) is 0 Å². The smallest absolute Gasteiger partial charge is 0.0585 e. The molecule has 2 nitrogen and oxygen atoms in total. The van der Waals surface area contributed by atoms with Crippen LogP contribution in [0.2, 0.25) is 0 Å². The van der Waals surface area contributed by atoms with Crippen LogP contribution in [0.4, 0.5) is 0 Å². The zero-order valence-corrected chi connectivity index (χ0v) is 7.33. The van der Waals surface area contributed by atoms with Crippen molar-refractivity contribution in [3.8, 4) is 0 Å². The van der Waals surface area contributed by atoms with Crippen LogP contribution in [0, 0.1) is 6.92 Å². The second kappa shape index (κ2) is 4.24. The van der Waals surface area contributed by atoms with Crippen molar-refractivity contribution in [2.24, 2.45) is 5.73 Å². The van der Waals surface area contributed by atoms with Crippen molar-refractivity contribution in [2.45, 2.75) is 19.4 Å². The van der Waals surface area contributed by atoms with Crippen LogP contribution in [0.1, 0.15) is 11.1 Å². The molecule has 1 aromatic rings. The van der Waals surface area contributed by atoms with Crippen LogP contribution in [-0.4, -0.2) is 17.8 Å². The number of hydrogen-bond donors (Lipinski definition) is 2. The van der Waals surface area contributed by atoms with Crippen LogP contribution in [0.25, 0.3) is 0 Å². The van der Waals surface area contributed by atoms with Crippen molar-refractivity contribution in [2.75, 3.05) is 6.61 Å². The summed E-state index contributed by atoms with van der Waals surface area (Å²) in [6.07, 6.45) is 0.753. The van der Waals surface area contributed by atoms with Gasteiger partial charge in [0.1, 0.15) is 0 Å². The van der Waals surface area contributed by atoms with Gasteiger partial charge in [0.2, 0.25) is 0 Å².